The second-order valence-corrected chi connectivity index (χ2v) is 14.2. The van der Waals surface area contributed by atoms with Crippen LogP contribution in [-0.4, -0.2) is 19.9 Å². The van der Waals surface area contributed by atoms with Crippen LogP contribution in [-0.2, 0) is 0 Å². The van der Waals surface area contributed by atoms with Crippen molar-refractivity contribution in [2.75, 3.05) is 0 Å². The standard InChI is InChI=1S/C52H32N4O/c1-5-15-33(16-6-1)43-31-44(34-17-7-2-8-18-34)54-51(53-43)41-29-27-37-23-13-25-39-40-26-14-24-38-28-30-42(50(48(38)40)57-49(41)47(37)39)52-55-45(35-19-9-3-10-20-35)32-46(56-52)36-21-11-4-12-22-36/h1-32H. The zero-order valence-corrected chi connectivity index (χ0v) is 30.7. The fourth-order valence-electron chi connectivity index (χ4n) is 7.97. The minimum atomic E-state index is 0.579. The first-order valence-electron chi connectivity index (χ1n) is 19.1. The lowest BCUT2D eigenvalue weighted by Gasteiger charge is -2.12. The van der Waals surface area contributed by atoms with Crippen LogP contribution in [0.5, 0.6) is 0 Å². The average molecular weight is 729 g/mol. The molecule has 57 heavy (non-hydrogen) atoms. The highest BCUT2D eigenvalue weighted by Gasteiger charge is 2.21. The minimum Gasteiger partial charge on any atom is -0.454 e. The van der Waals surface area contributed by atoms with Crippen molar-refractivity contribution in [3.8, 4) is 67.8 Å². The van der Waals surface area contributed by atoms with Crippen LogP contribution in [0.1, 0.15) is 0 Å². The minimum absolute atomic E-state index is 0.579. The monoisotopic (exact) mass is 728 g/mol. The third-order valence-corrected chi connectivity index (χ3v) is 10.7. The van der Waals surface area contributed by atoms with E-state index in [1.165, 1.54) is 0 Å². The molecule has 0 amide bonds. The molecular weight excluding hydrogens is 697 g/mol. The van der Waals surface area contributed by atoms with Gasteiger partial charge in [0.15, 0.2) is 11.6 Å². The molecule has 8 aromatic carbocycles. The van der Waals surface area contributed by atoms with Crippen LogP contribution in [0, 0.1) is 0 Å². The second kappa shape index (κ2) is 13.5. The molecular formula is C52H32N4O. The normalized spacial score (nSPS) is 11.5. The maximum atomic E-state index is 7.44. The number of hydrogen-bond acceptors (Lipinski definition) is 5. The summed E-state index contributed by atoms with van der Waals surface area (Å²) in [6.07, 6.45) is 0. The smallest absolute Gasteiger partial charge is 0.164 e. The topological polar surface area (TPSA) is 64.7 Å². The number of rotatable bonds is 6. The van der Waals surface area contributed by atoms with E-state index < -0.39 is 0 Å². The van der Waals surface area contributed by atoms with Gasteiger partial charge in [-0.2, -0.15) is 0 Å². The third-order valence-electron chi connectivity index (χ3n) is 10.7. The first kappa shape index (κ1) is 32.7. The predicted molar refractivity (Wildman–Crippen MR) is 233 cm³/mol. The summed E-state index contributed by atoms with van der Waals surface area (Å²) in [7, 11) is 0. The largest absolute Gasteiger partial charge is 0.454 e. The molecule has 3 aromatic heterocycles. The SMILES string of the molecule is c1ccc(-c2cc(-c3ccccc3)nc(-c3ccc4cccc5c6cccc7ccc(-c8nc(-c9ccccc9)cc(-c9ccccc9)n8)c(oc3c45)c76)n2)cc1. The number of fused-ring (bicyclic) bond motifs is 1. The van der Waals surface area contributed by atoms with E-state index in [9.17, 15) is 0 Å². The molecule has 0 bridgehead atoms. The first-order chi connectivity index (χ1) is 28.2. The average Bonchev–Trinajstić information content (AvgIpc) is 3.44. The van der Waals surface area contributed by atoms with Crippen LogP contribution in [0.25, 0.3) is 111 Å². The van der Waals surface area contributed by atoms with Gasteiger partial charge in [0.25, 0.3) is 0 Å². The molecule has 266 valence electrons. The zero-order valence-electron chi connectivity index (χ0n) is 30.7. The molecule has 0 saturated carbocycles. The summed E-state index contributed by atoms with van der Waals surface area (Å²) in [5, 5.41) is 6.30. The maximum absolute atomic E-state index is 7.44. The van der Waals surface area contributed by atoms with Crippen molar-refractivity contribution in [3.05, 3.63) is 194 Å². The van der Waals surface area contributed by atoms with Gasteiger partial charge in [-0.25, -0.2) is 19.9 Å². The number of hydrogen-bond donors (Lipinski definition) is 0. The second-order valence-electron chi connectivity index (χ2n) is 14.2. The predicted octanol–water partition coefficient (Wildman–Crippen LogP) is 13.5. The van der Waals surface area contributed by atoms with E-state index in [0.29, 0.717) is 22.8 Å². The van der Waals surface area contributed by atoms with E-state index in [2.05, 4.69) is 121 Å². The number of aromatic nitrogens is 4. The summed E-state index contributed by atoms with van der Waals surface area (Å²) < 4.78 is 7.44. The maximum Gasteiger partial charge on any atom is 0.164 e. The first-order valence-corrected chi connectivity index (χ1v) is 19.1. The molecule has 0 aliphatic rings. The summed E-state index contributed by atoms with van der Waals surface area (Å²) in [6.45, 7) is 0. The number of benzene rings is 8. The molecule has 11 rings (SSSR count). The lowest BCUT2D eigenvalue weighted by molar-refractivity contribution is 0.665. The van der Waals surface area contributed by atoms with E-state index in [1.54, 1.807) is 0 Å². The van der Waals surface area contributed by atoms with Gasteiger partial charge < -0.3 is 4.42 Å². The van der Waals surface area contributed by atoms with Gasteiger partial charge in [-0.15, -0.1) is 0 Å². The molecule has 0 spiro atoms. The van der Waals surface area contributed by atoms with Crippen molar-refractivity contribution < 1.29 is 4.42 Å². The fourth-order valence-corrected chi connectivity index (χ4v) is 7.97. The summed E-state index contributed by atoms with van der Waals surface area (Å²) in [5.74, 6) is 1.16. The quantitative estimate of drug-likeness (QED) is 0.171. The molecule has 0 fully saturated rings. The summed E-state index contributed by atoms with van der Waals surface area (Å²) in [6, 6.07) is 66.6. The zero-order chi connectivity index (χ0) is 37.7. The summed E-state index contributed by atoms with van der Waals surface area (Å²) >= 11 is 0. The van der Waals surface area contributed by atoms with Gasteiger partial charge in [-0.3, -0.25) is 0 Å². The van der Waals surface area contributed by atoms with E-state index >= 15 is 0 Å². The van der Waals surface area contributed by atoms with E-state index in [1.807, 2.05) is 72.8 Å². The molecule has 3 heterocycles. The number of nitrogens with zero attached hydrogens (tertiary/aromatic N) is 4. The van der Waals surface area contributed by atoms with Gasteiger partial charge in [0, 0.05) is 33.0 Å². The van der Waals surface area contributed by atoms with Crippen molar-refractivity contribution in [2.45, 2.75) is 0 Å². The van der Waals surface area contributed by atoms with Gasteiger partial charge in [0.05, 0.1) is 33.9 Å². The molecule has 5 nitrogen and oxygen atoms in total. The molecule has 0 aliphatic carbocycles. The molecule has 0 atom stereocenters. The van der Waals surface area contributed by atoms with E-state index in [-0.39, 0.29) is 0 Å². The molecule has 5 heteroatoms. The van der Waals surface area contributed by atoms with E-state index in [0.717, 1.165) is 88.5 Å². The third kappa shape index (κ3) is 5.72. The van der Waals surface area contributed by atoms with Gasteiger partial charge in [-0.05, 0) is 45.8 Å². The Morgan fingerprint density at radius 3 is 0.965 bits per heavy atom. The Hall–Kier alpha value is -7.76. The van der Waals surface area contributed by atoms with Crippen molar-refractivity contribution >= 4 is 43.5 Å². The van der Waals surface area contributed by atoms with Crippen molar-refractivity contribution in [2.24, 2.45) is 0 Å². The molecule has 0 radical (unpaired) electrons. The van der Waals surface area contributed by atoms with Crippen LogP contribution >= 0.6 is 0 Å². The van der Waals surface area contributed by atoms with Crippen molar-refractivity contribution in [1.82, 2.24) is 19.9 Å². The van der Waals surface area contributed by atoms with Crippen molar-refractivity contribution in [3.63, 3.8) is 0 Å². The van der Waals surface area contributed by atoms with Crippen molar-refractivity contribution in [1.29, 1.82) is 0 Å². The van der Waals surface area contributed by atoms with Crippen LogP contribution in [0.4, 0.5) is 0 Å². The lowest BCUT2D eigenvalue weighted by Crippen LogP contribution is -1.97. The van der Waals surface area contributed by atoms with Gasteiger partial charge in [-0.1, -0.05) is 170 Å². The highest BCUT2D eigenvalue weighted by atomic mass is 16.3. The Balaban J connectivity index is 1.25. The Kier molecular flexibility index (Phi) is 7.74. The van der Waals surface area contributed by atoms with Crippen LogP contribution in [0.3, 0.4) is 0 Å². The summed E-state index contributed by atoms with van der Waals surface area (Å²) in [5.41, 5.74) is 10.4. The van der Waals surface area contributed by atoms with Crippen LogP contribution in [0.2, 0.25) is 0 Å². The lowest BCUT2D eigenvalue weighted by atomic mass is 9.97. The highest BCUT2D eigenvalue weighted by molar-refractivity contribution is 6.25. The Morgan fingerprint density at radius 1 is 0.298 bits per heavy atom. The Bertz CT molecular complexity index is 2940. The molecule has 11 aromatic rings. The molecule has 0 unspecified atom stereocenters. The molecule has 0 saturated heterocycles. The summed E-state index contributed by atoms with van der Waals surface area (Å²) in [4.78, 5) is 21.0. The van der Waals surface area contributed by atoms with Crippen LogP contribution < -0.4 is 0 Å². The highest BCUT2D eigenvalue weighted by Crippen LogP contribution is 2.43. The van der Waals surface area contributed by atoms with Gasteiger partial charge >= 0.3 is 0 Å². The van der Waals surface area contributed by atoms with Crippen LogP contribution in [0.15, 0.2) is 199 Å². The molecule has 0 aliphatic heterocycles. The fraction of sp³-hybridized carbons (Fsp3) is 0. The van der Waals surface area contributed by atoms with E-state index in [4.69, 9.17) is 24.4 Å². The van der Waals surface area contributed by atoms with Gasteiger partial charge in [0.1, 0.15) is 11.2 Å². The Morgan fingerprint density at radius 2 is 0.632 bits per heavy atom. The van der Waals surface area contributed by atoms with Gasteiger partial charge in [0.2, 0.25) is 0 Å². The molecule has 0 N–H and O–H groups in total. The Labute approximate surface area is 328 Å².